The van der Waals surface area contributed by atoms with Crippen LogP contribution in [0.2, 0.25) is 0 Å². The largest absolute Gasteiger partial charge is 0.396 e. The standard InChI is InChI=1S/C14H11FN2S/c15-13-7-12(5-6-14(13)17)18-9-11-4-2-1-3-10(11)8-16/h1-7H,9,17H2. The van der Waals surface area contributed by atoms with Gasteiger partial charge in [-0.1, -0.05) is 18.2 Å². The minimum Gasteiger partial charge on any atom is -0.396 e. The Kier molecular flexibility index (Phi) is 3.85. The Hall–Kier alpha value is -1.99. The van der Waals surface area contributed by atoms with Crippen molar-refractivity contribution in [1.29, 1.82) is 5.26 Å². The fraction of sp³-hybridized carbons (Fsp3) is 0.0714. The predicted molar refractivity (Wildman–Crippen MR) is 71.5 cm³/mol. The Labute approximate surface area is 109 Å². The second-order valence-electron chi connectivity index (χ2n) is 3.74. The van der Waals surface area contributed by atoms with E-state index in [1.165, 1.54) is 17.8 Å². The topological polar surface area (TPSA) is 49.8 Å². The van der Waals surface area contributed by atoms with Crippen molar-refractivity contribution in [3.8, 4) is 6.07 Å². The van der Waals surface area contributed by atoms with Crippen LogP contribution >= 0.6 is 11.8 Å². The van der Waals surface area contributed by atoms with Gasteiger partial charge in [0.05, 0.1) is 17.3 Å². The first-order valence-corrected chi connectivity index (χ1v) is 6.35. The molecule has 2 aromatic rings. The van der Waals surface area contributed by atoms with Crippen LogP contribution in [0.3, 0.4) is 0 Å². The predicted octanol–water partition coefficient (Wildman–Crippen LogP) is 3.57. The maximum Gasteiger partial charge on any atom is 0.147 e. The lowest BCUT2D eigenvalue weighted by atomic mass is 10.1. The zero-order chi connectivity index (χ0) is 13.0. The average molecular weight is 258 g/mol. The highest BCUT2D eigenvalue weighted by molar-refractivity contribution is 7.98. The molecule has 2 aromatic carbocycles. The molecule has 0 aliphatic heterocycles. The number of nitrogen functional groups attached to an aromatic ring is 1. The van der Waals surface area contributed by atoms with Crippen molar-refractivity contribution in [2.75, 3.05) is 5.73 Å². The van der Waals surface area contributed by atoms with Gasteiger partial charge in [0.2, 0.25) is 0 Å². The molecule has 2 rings (SSSR count). The molecule has 0 aliphatic carbocycles. The van der Waals surface area contributed by atoms with Gasteiger partial charge in [-0.3, -0.25) is 0 Å². The first kappa shape index (κ1) is 12.5. The van der Waals surface area contributed by atoms with E-state index in [0.717, 1.165) is 10.5 Å². The Morgan fingerprint density at radius 3 is 2.72 bits per heavy atom. The van der Waals surface area contributed by atoms with E-state index < -0.39 is 5.82 Å². The summed E-state index contributed by atoms with van der Waals surface area (Å²) < 4.78 is 13.3. The minimum atomic E-state index is -0.409. The van der Waals surface area contributed by atoms with E-state index in [4.69, 9.17) is 11.0 Å². The van der Waals surface area contributed by atoms with Gasteiger partial charge in [0.1, 0.15) is 5.82 Å². The molecule has 0 saturated carbocycles. The van der Waals surface area contributed by atoms with E-state index in [9.17, 15) is 4.39 Å². The molecule has 0 heterocycles. The number of nitrogens with two attached hydrogens (primary N) is 1. The van der Waals surface area contributed by atoms with Crippen molar-refractivity contribution in [2.45, 2.75) is 10.6 Å². The van der Waals surface area contributed by atoms with Crippen LogP contribution in [0.5, 0.6) is 0 Å². The molecule has 0 fully saturated rings. The van der Waals surface area contributed by atoms with Crippen molar-refractivity contribution in [3.63, 3.8) is 0 Å². The van der Waals surface area contributed by atoms with Crippen molar-refractivity contribution >= 4 is 17.4 Å². The van der Waals surface area contributed by atoms with Crippen LogP contribution in [-0.2, 0) is 5.75 Å². The number of hydrogen-bond donors (Lipinski definition) is 1. The van der Waals surface area contributed by atoms with Crippen LogP contribution in [0.4, 0.5) is 10.1 Å². The van der Waals surface area contributed by atoms with Gasteiger partial charge in [0, 0.05) is 10.6 Å². The van der Waals surface area contributed by atoms with E-state index >= 15 is 0 Å². The third-order valence-electron chi connectivity index (χ3n) is 2.50. The average Bonchev–Trinajstić information content (AvgIpc) is 2.40. The molecule has 0 saturated heterocycles. The van der Waals surface area contributed by atoms with Gasteiger partial charge >= 0.3 is 0 Å². The van der Waals surface area contributed by atoms with Gasteiger partial charge in [0.15, 0.2) is 0 Å². The molecule has 18 heavy (non-hydrogen) atoms. The lowest BCUT2D eigenvalue weighted by molar-refractivity contribution is 0.629. The lowest BCUT2D eigenvalue weighted by Crippen LogP contribution is -1.90. The van der Waals surface area contributed by atoms with Gasteiger partial charge in [0.25, 0.3) is 0 Å². The molecule has 0 aromatic heterocycles. The molecule has 2 nitrogen and oxygen atoms in total. The molecular weight excluding hydrogens is 247 g/mol. The van der Waals surface area contributed by atoms with Crippen molar-refractivity contribution in [3.05, 3.63) is 59.4 Å². The molecular formula is C14H11FN2S. The van der Waals surface area contributed by atoms with E-state index in [0.29, 0.717) is 11.3 Å². The number of nitriles is 1. The summed E-state index contributed by atoms with van der Waals surface area (Å²) in [6.45, 7) is 0. The van der Waals surface area contributed by atoms with Crippen molar-refractivity contribution < 1.29 is 4.39 Å². The molecule has 0 bridgehead atoms. The highest BCUT2D eigenvalue weighted by atomic mass is 32.2. The van der Waals surface area contributed by atoms with Gasteiger partial charge in [-0.05, 0) is 29.8 Å². The highest BCUT2D eigenvalue weighted by Crippen LogP contribution is 2.26. The Balaban J connectivity index is 2.12. The summed E-state index contributed by atoms with van der Waals surface area (Å²) in [6.07, 6.45) is 0. The number of hydrogen-bond acceptors (Lipinski definition) is 3. The molecule has 0 atom stereocenters. The smallest absolute Gasteiger partial charge is 0.147 e. The quantitative estimate of drug-likeness (QED) is 0.676. The second kappa shape index (κ2) is 5.56. The highest BCUT2D eigenvalue weighted by Gasteiger charge is 2.04. The van der Waals surface area contributed by atoms with Crippen LogP contribution < -0.4 is 5.73 Å². The number of anilines is 1. The number of benzene rings is 2. The first-order valence-electron chi connectivity index (χ1n) is 5.36. The maximum absolute atomic E-state index is 13.3. The summed E-state index contributed by atoms with van der Waals surface area (Å²) in [5.41, 5.74) is 7.16. The molecule has 4 heteroatoms. The third-order valence-corrected chi connectivity index (χ3v) is 3.55. The monoisotopic (exact) mass is 258 g/mol. The summed E-state index contributed by atoms with van der Waals surface area (Å²) in [5, 5.41) is 8.96. The van der Waals surface area contributed by atoms with Crippen LogP contribution in [-0.4, -0.2) is 0 Å². The molecule has 90 valence electrons. The molecule has 0 radical (unpaired) electrons. The normalized spacial score (nSPS) is 10.0. The fourth-order valence-electron chi connectivity index (χ4n) is 1.51. The molecule has 0 unspecified atom stereocenters. The number of rotatable bonds is 3. The fourth-order valence-corrected chi connectivity index (χ4v) is 2.44. The first-order chi connectivity index (χ1) is 8.70. The molecule has 2 N–H and O–H groups in total. The minimum absolute atomic E-state index is 0.150. The zero-order valence-electron chi connectivity index (χ0n) is 9.56. The zero-order valence-corrected chi connectivity index (χ0v) is 10.4. The van der Waals surface area contributed by atoms with Crippen LogP contribution in [0.1, 0.15) is 11.1 Å². The van der Waals surface area contributed by atoms with Crippen LogP contribution in [0, 0.1) is 17.1 Å². The van der Waals surface area contributed by atoms with Gasteiger partial charge in [-0.15, -0.1) is 11.8 Å². The van der Waals surface area contributed by atoms with Gasteiger partial charge < -0.3 is 5.73 Å². The van der Waals surface area contributed by atoms with E-state index in [2.05, 4.69) is 6.07 Å². The SMILES string of the molecule is N#Cc1ccccc1CSc1ccc(N)c(F)c1. The summed E-state index contributed by atoms with van der Waals surface area (Å²) in [5.74, 6) is 0.223. The Bertz CT molecular complexity index is 605. The molecule has 0 amide bonds. The summed E-state index contributed by atoms with van der Waals surface area (Å²) in [4.78, 5) is 0.800. The second-order valence-corrected chi connectivity index (χ2v) is 4.79. The molecule has 0 spiro atoms. The Morgan fingerprint density at radius 2 is 2.00 bits per heavy atom. The summed E-state index contributed by atoms with van der Waals surface area (Å²) in [7, 11) is 0. The third kappa shape index (κ3) is 2.82. The number of nitrogens with zero attached hydrogens (tertiary/aromatic N) is 1. The maximum atomic E-state index is 13.3. The summed E-state index contributed by atoms with van der Waals surface area (Å²) in [6, 6.07) is 14.3. The van der Waals surface area contributed by atoms with Crippen LogP contribution in [0.15, 0.2) is 47.4 Å². The van der Waals surface area contributed by atoms with Crippen molar-refractivity contribution in [2.24, 2.45) is 0 Å². The number of thioether (sulfide) groups is 1. The van der Waals surface area contributed by atoms with E-state index in [1.54, 1.807) is 18.2 Å². The van der Waals surface area contributed by atoms with Gasteiger partial charge in [-0.2, -0.15) is 5.26 Å². The van der Waals surface area contributed by atoms with Crippen molar-refractivity contribution in [1.82, 2.24) is 0 Å². The Morgan fingerprint density at radius 1 is 1.22 bits per heavy atom. The lowest BCUT2D eigenvalue weighted by Gasteiger charge is -2.05. The van der Waals surface area contributed by atoms with Crippen LogP contribution in [0.25, 0.3) is 0 Å². The number of halogens is 1. The summed E-state index contributed by atoms with van der Waals surface area (Å²) >= 11 is 1.48. The van der Waals surface area contributed by atoms with E-state index in [-0.39, 0.29) is 5.69 Å². The molecule has 0 aliphatic rings. The van der Waals surface area contributed by atoms with E-state index in [1.807, 2.05) is 18.2 Å². The van der Waals surface area contributed by atoms with Gasteiger partial charge in [-0.25, -0.2) is 4.39 Å².